The van der Waals surface area contributed by atoms with E-state index in [1.165, 1.54) is 0 Å². The van der Waals surface area contributed by atoms with Crippen LogP contribution in [0.3, 0.4) is 0 Å². The van der Waals surface area contributed by atoms with E-state index in [9.17, 15) is 9.59 Å². The van der Waals surface area contributed by atoms with Gasteiger partial charge in [-0.1, -0.05) is 12.8 Å². The minimum absolute atomic E-state index is 0.00958. The van der Waals surface area contributed by atoms with Crippen molar-refractivity contribution in [3.63, 3.8) is 0 Å². The fourth-order valence-corrected chi connectivity index (χ4v) is 2.58. The molecule has 0 aromatic carbocycles. The van der Waals surface area contributed by atoms with E-state index in [4.69, 9.17) is 4.74 Å². The van der Waals surface area contributed by atoms with E-state index in [1.807, 2.05) is 6.92 Å². The number of rotatable bonds is 0. The van der Waals surface area contributed by atoms with Crippen molar-refractivity contribution in [2.45, 2.75) is 45.1 Å². The molecule has 0 bridgehead atoms. The van der Waals surface area contributed by atoms with Crippen molar-refractivity contribution in [2.24, 2.45) is 5.41 Å². The van der Waals surface area contributed by atoms with Crippen LogP contribution in [0.2, 0.25) is 0 Å². The van der Waals surface area contributed by atoms with Crippen LogP contribution in [0.25, 0.3) is 0 Å². The van der Waals surface area contributed by atoms with E-state index in [-0.39, 0.29) is 29.7 Å². The van der Waals surface area contributed by atoms with E-state index >= 15 is 0 Å². The fraction of sp³-hybridized carbons (Fsp3) is 0.800. The fourth-order valence-electron chi connectivity index (χ4n) is 2.58. The summed E-state index contributed by atoms with van der Waals surface area (Å²) in [6.07, 6.45) is 3.77. The second-order valence-corrected chi connectivity index (χ2v) is 4.10. The molecule has 1 saturated carbocycles. The largest absolute Gasteiger partial charge is 0.461 e. The quantitative estimate of drug-likeness (QED) is 0.420. The van der Waals surface area contributed by atoms with Gasteiger partial charge in [0.05, 0.1) is 5.41 Å². The molecule has 0 N–H and O–H groups in total. The summed E-state index contributed by atoms with van der Waals surface area (Å²) >= 11 is 0. The number of hydrogen-bond acceptors (Lipinski definition) is 3. The van der Waals surface area contributed by atoms with Crippen LogP contribution in [0, 0.1) is 5.41 Å². The molecule has 2 rings (SSSR count). The van der Waals surface area contributed by atoms with Crippen molar-refractivity contribution in [2.75, 3.05) is 0 Å². The lowest BCUT2D eigenvalue weighted by atomic mass is 9.74. The van der Waals surface area contributed by atoms with Crippen LogP contribution in [-0.2, 0) is 14.3 Å². The Hall–Kier alpha value is -0.860. The lowest BCUT2D eigenvalue weighted by molar-refractivity contribution is -0.170. The van der Waals surface area contributed by atoms with Gasteiger partial charge in [0.15, 0.2) is 5.78 Å². The molecule has 1 saturated heterocycles. The summed E-state index contributed by atoms with van der Waals surface area (Å²) in [4.78, 5) is 22.7. The highest BCUT2D eigenvalue weighted by Gasteiger charge is 2.50. The number of ether oxygens (including phenoxy) is 1. The summed E-state index contributed by atoms with van der Waals surface area (Å²) in [6.45, 7) is 1.85. The van der Waals surface area contributed by atoms with Gasteiger partial charge in [0.1, 0.15) is 12.5 Å². The molecule has 1 atom stereocenters. The van der Waals surface area contributed by atoms with Crippen LogP contribution in [0.5, 0.6) is 0 Å². The molecule has 0 aromatic heterocycles. The van der Waals surface area contributed by atoms with E-state index in [0.29, 0.717) is 0 Å². The first-order chi connectivity index (χ1) is 6.15. The second kappa shape index (κ2) is 2.82. The number of carbonyl (C=O) groups is 2. The lowest BCUT2D eigenvalue weighted by Gasteiger charge is -2.36. The average Bonchev–Trinajstić information content (AvgIpc) is 2.50. The first-order valence-corrected chi connectivity index (χ1v) is 4.88. The minimum Gasteiger partial charge on any atom is -0.461 e. The molecule has 3 nitrogen and oxygen atoms in total. The van der Waals surface area contributed by atoms with Gasteiger partial charge in [-0.05, 0) is 19.8 Å². The summed E-state index contributed by atoms with van der Waals surface area (Å²) in [7, 11) is 0. The zero-order chi connectivity index (χ0) is 9.47. The molecular formula is C10H14O3. The summed E-state index contributed by atoms with van der Waals surface area (Å²) in [5.74, 6) is -0.247. The van der Waals surface area contributed by atoms with Crippen LogP contribution in [0.1, 0.15) is 39.0 Å². The highest BCUT2D eigenvalue weighted by Crippen LogP contribution is 2.45. The monoisotopic (exact) mass is 182 g/mol. The van der Waals surface area contributed by atoms with E-state index in [2.05, 4.69) is 0 Å². The van der Waals surface area contributed by atoms with Crippen molar-refractivity contribution in [1.29, 1.82) is 0 Å². The maximum absolute atomic E-state index is 11.7. The molecule has 0 radical (unpaired) electrons. The predicted octanol–water partition coefficient (Wildman–Crippen LogP) is 1.45. The summed E-state index contributed by atoms with van der Waals surface area (Å²) in [6, 6.07) is 0. The molecule has 0 aromatic rings. The van der Waals surface area contributed by atoms with Crippen LogP contribution < -0.4 is 0 Å². The smallest absolute Gasteiger partial charge is 0.313 e. The Kier molecular flexibility index (Phi) is 1.90. The maximum atomic E-state index is 11.7. The molecule has 13 heavy (non-hydrogen) atoms. The van der Waals surface area contributed by atoms with Gasteiger partial charge in [-0.25, -0.2) is 0 Å². The van der Waals surface area contributed by atoms with Gasteiger partial charge in [0, 0.05) is 0 Å². The minimum atomic E-state index is -0.352. The van der Waals surface area contributed by atoms with E-state index in [0.717, 1.165) is 25.7 Å². The van der Waals surface area contributed by atoms with Crippen molar-refractivity contribution in [1.82, 2.24) is 0 Å². The van der Waals surface area contributed by atoms with Gasteiger partial charge in [0.2, 0.25) is 0 Å². The third-order valence-corrected chi connectivity index (χ3v) is 3.44. The Labute approximate surface area is 77.4 Å². The SMILES string of the molecule is CC1OC(=O)CC(=O)C12CCCC2. The standard InChI is InChI=1S/C10H14O3/c1-7-10(4-2-3-5-10)8(11)6-9(12)13-7/h7H,2-6H2,1H3. The second-order valence-electron chi connectivity index (χ2n) is 4.10. The number of esters is 1. The molecule has 2 aliphatic rings. The van der Waals surface area contributed by atoms with Crippen LogP contribution in [0.15, 0.2) is 0 Å². The lowest BCUT2D eigenvalue weighted by Crippen LogP contribution is -2.46. The Morgan fingerprint density at radius 3 is 2.46 bits per heavy atom. The molecule has 1 spiro atoms. The average molecular weight is 182 g/mol. The van der Waals surface area contributed by atoms with Crippen molar-refractivity contribution in [3.8, 4) is 0 Å². The van der Waals surface area contributed by atoms with Gasteiger partial charge in [-0.15, -0.1) is 0 Å². The third kappa shape index (κ3) is 1.18. The number of carbonyl (C=O) groups excluding carboxylic acids is 2. The van der Waals surface area contributed by atoms with Crippen molar-refractivity contribution >= 4 is 11.8 Å². The Morgan fingerprint density at radius 2 is 1.92 bits per heavy atom. The van der Waals surface area contributed by atoms with E-state index < -0.39 is 0 Å². The Bertz CT molecular complexity index is 251. The van der Waals surface area contributed by atoms with Gasteiger partial charge < -0.3 is 4.74 Å². The van der Waals surface area contributed by atoms with Crippen LogP contribution >= 0.6 is 0 Å². The zero-order valence-corrected chi connectivity index (χ0v) is 7.84. The predicted molar refractivity (Wildman–Crippen MR) is 46.1 cm³/mol. The highest BCUT2D eigenvalue weighted by molar-refractivity contribution is 6.01. The molecule has 1 aliphatic carbocycles. The highest BCUT2D eigenvalue weighted by atomic mass is 16.5. The van der Waals surface area contributed by atoms with E-state index in [1.54, 1.807) is 0 Å². The first-order valence-electron chi connectivity index (χ1n) is 4.88. The first kappa shape index (κ1) is 8.73. The number of ketones is 1. The summed E-state index contributed by atoms with van der Waals surface area (Å²) in [5, 5.41) is 0. The Morgan fingerprint density at radius 1 is 1.31 bits per heavy atom. The normalized spacial score (nSPS) is 32.2. The molecule has 1 heterocycles. The molecule has 3 heteroatoms. The molecule has 0 amide bonds. The molecule has 2 fully saturated rings. The molecular weight excluding hydrogens is 168 g/mol. The van der Waals surface area contributed by atoms with Gasteiger partial charge in [-0.2, -0.15) is 0 Å². The number of Topliss-reactive ketones (excluding diaryl/α,β-unsaturated/α-hetero) is 1. The number of cyclic esters (lactones) is 1. The van der Waals surface area contributed by atoms with Crippen molar-refractivity contribution < 1.29 is 14.3 Å². The van der Waals surface area contributed by atoms with Gasteiger partial charge in [0.25, 0.3) is 0 Å². The van der Waals surface area contributed by atoms with Crippen LogP contribution in [0.4, 0.5) is 0 Å². The third-order valence-electron chi connectivity index (χ3n) is 3.44. The van der Waals surface area contributed by atoms with Crippen LogP contribution in [-0.4, -0.2) is 17.9 Å². The zero-order valence-electron chi connectivity index (χ0n) is 7.84. The Balaban J connectivity index is 2.25. The molecule has 72 valence electrons. The van der Waals surface area contributed by atoms with Gasteiger partial charge >= 0.3 is 5.97 Å². The van der Waals surface area contributed by atoms with Gasteiger partial charge in [-0.3, -0.25) is 9.59 Å². The topological polar surface area (TPSA) is 43.4 Å². The summed E-state index contributed by atoms with van der Waals surface area (Å²) in [5.41, 5.74) is -0.312. The molecule has 1 aliphatic heterocycles. The van der Waals surface area contributed by atoms with Crippen molar-refractivity contribution in [3.05, 3.63) is 0 Å². The summed E-state index contributed by atoms with van der Waals surface area (Å²) < 4.78 is 5.13. The molecule has 1 unspecified atom stereocenters. The maximum Gasteiger partial charge on any atom is 0.313 e. The number of hydrogen-bond donors (Lipinski definition) is 0.